The third kappa shape index (κ3) is 4.41. The number of amides is 2. The molecule has 2 N–H and O–H groups in total. The molecular formula is C17H19N3O2. The number of benzene rings is 1. The minimum Gasteiger partial charge on any atom is -0.352 e. The van der Waals surface area contributed by atoms with Crippen LogP contribution in [0.3, 0.4) is 0 Å². The second-order valence-corrected chi connectivity index (χ2v) is 4.87. The van der Waals surface area contributed by atoms with Gasteiger partial charge in [-0.05, 0) is 48.4 Å². The quantitative estimate of drug-likeness (QED) is 0.858. The van der Waals surface area contributed by atoms with Crippen LogP contribution >= 0.6 is 0 Å². The van der Waals surface area contributed by atoms with Crippen molar-refractivity contribution in [1.29, 1.82) is 0 Å². The summed E-state index contributed by atoms with van der Waals surface area (Å²) in [5.74, 6) is -0.289. The molecular weight excluding hydrogens is 278 g/mol. The van der Waals surface area contributed by atoms with Crippen LogP contribution in [0.1, 0.15) is 39.6 Å². The number of rotatable bonds is 6. The zero-order chi connectivity index (χ0) is 15.8. The van der Waals surface area contributed by atoms with E-state index >= 15 is 0 Å². The molecule has 5 nitrogen and oxygen atoms in total. The first kappa shape index (κ1) is 15.7. The molecule has 2 amide bonds. The van der Waals surface area contributed by atoms with Crippen molar-refractivity contribution in [2.45, 2.75) is 19.9 Å². The van der Waals surface area contributed by atoms with Crippen LogP contribution in [0, 0.1) is 0 Å². The molecule has 0 aliphatic carbocycles. The Labute approximate surface area is 129 Å². The number of nitrogens with zero attached hydrogens (tertiary/aromatic N) is 1. The van der Waals surface area contributed by atoms with E-state index in [4.69, 9.17) is 0 Å². The van der Waals surface area contributed by atoms with Crippen LogP contribution in [0.15, 0.2) is 48.8 Å². The van der Waals surface area contributed by atoms with E-state index in [1.807, 2.05) is 19.1 Å². The summed E-state index contributed by atoms with van der Waals surface area (Å²) in [7, 11) is 0. The molecule has 0 atom stereocenters. The van der Waals surface area contributed by atoms with Gasteiger partial charge in [-0.2, -0.15) is 0 Å². The molecule has 0 aliphatic heterocycles. The van der Waals surface area contributed by atoms with Gasteiger partial charge in [-0.15, -0.1) is 0 Å². The summed E-state index contributed by atoms with van der Waals surface area (Å²) >= 11 is 0. The molecule has 0 saturated carbocycles. The monoisotopic (exact) mass is 297 g/mol. The maximum Gasteiger partial charge on any atom is 0.251 e. The maximum absolute atomic E-state index is 12.0. The topological polar surface area (TPSA) is 71.1 Å². The van der Waals surface area contributed by atoms with Gasteiger partial charge in [-0.25, -0.2) is 0 Å². The van der Waals surface area contributed by atoms with E-state index in [1.54, 1.807) is 36.7 Å². The van der Waals surface area contributed by atoms with Crippen LogP contribution in [-0.2, 0) is 6.54 Å². The van der Waals surface area contributed by atoms with Gasteiger partial charge >= 0.3 is 0 Å². The Morgan fingerprint density at radius 3 is 2.00 bits per heavy atom. The zero-order valence-electron chi connectivity index (χ0n) is 12.5. The first-order valence-corrected chi connectivity index (χ1v) is 7.26. The average molecular weight is 297 g/mol. The van der Waals surface area contributed by atoms with Crippen LogP contribution in [-0.4, -0.2) is 23.3 Å². The Kier molecular flexibility index (Phi) is 5.65. The fraction of sp³-hybridized carbons (Fsp3) is 0.235. The maximum atomic E-state index is 12.0. The van der Waals surface area contributed by atoms with Crippen molar-refractivity contribution in [1.82, 2.24) is 15.6 Å². The van der Waals surface area contributed by atoms with Gasteiger partial charge in [0.05, 0.1) is 0 Å². The molecule has 2 rings (SSSR count). The van der Waals surface area contributed by atoms with Gasteiger partial charge in [-0.3, -0.25) is 14.6 Å². The number of carbonyl (C=O) groups is 2. The predicted octanol–water partition coefficient (Wildman–Crippen LogP) is 2.15. The highest BCUT2D eigenvalue weighted by molar-refractivity contribution is 5.97. The SMILES string of the molecule is CCCNC(=O)c1ccc(C(=O)NCc2ccncc2)cc1. The van der Waals surface area contributed by atoms with Crippen LogP contribution < -0.4 is 10.6 Å². The smallest absolute Gasteiger partial charge is 0.251 e. The number of nitrogens with one attached hydrogen (secondary N) is 2. The second kappa shape index (κ2) is 7.93. The molecule has 22 heavy (non-hydrogen) atoms. The second-order valence-electron chi connectivity index (χ2n) is 4.87. The molecule has 0 fully saturated rings. The highest BCUT2D eigenvalue weighted by atomic mass is 16.2. The molecule has 0 spiro atoms. The normalized spacial score (nSPS) is 10.0. The Morgan fingerprint density at radius 1 is 0.909 bits per heavy atom. The van der Waals surface area contributed by atoms with E-state index in [-0.39, 0.29) is 11.8 Å². The van der Waals surface area contributed by atoms with Gasteiger partial charge in [0, 0.05) is 36.6 Å². The highest BCUT2D eigenvalue weighted by Gasteiger charge is 2.08. The summed E-state index contributed by atoms with van der Waals surface area (Å²) in [6.45, 7) is 3.09. The molecule has 0 aliphatic rings. The molecule has 1 aromatic carbocycles. The number of pyridine rings is 1. The third-order valence-electron chi connectivity index (χ3n) is 3.15. The largest absolute Gasteiger partial charge is 0.352 e. The summed E-state index contributed by atoms with van der Waals surface area (Å²) in [6, 6.07) is 10.3. The lowest BCUT2D eigenvalue weighted by atomic mass is 10.1. The molecule has 0 radical (unpaired) electrons. The predicted molar refractivity (Wildman–Crippen MR) is 84.5 cm³/mol. The Morgan fingerprint density at radius 2 is 1.45 bits per heavy atom. The van der Waals surface area contributed by atoms with Crippen LogP contribution in [0.5, 0.6) is 0 Å². The standard InChI is InChI=1S/C17H19N3O2/c1-2-9-19-16(21)14-3-5-15(6-4-14)17(22)20-12-13-7-10-18-11-8-13/h3-8,10-11H,2,9,12H2,1H3,(H,19,21)(H,20,22). The molecule has 0 bridgehead atoms. The lowest BCUT2D eigenvalue weighted by Crippen LogP contribution is -2.25. The van der Waals surface area contributed by atoms with Crippen molar-refractivity contribution in [2.24, 2.45) is 0 Å². The van der Waals surface area contributed by atoms with E-state index in [2.05, 4.69) is 15.6 Å². The first-order valence-electron chi connectivity index (χ1n) is 7.26. The first-order chi connectivity index (χ1) is 10.7. The molecule has 1 heterocycles. The zero-order valence-corrected chi connectivity index (χ0v) is 12.5. The summed E-state index contributed by atoms with van der Waals surface area (Å²) in [6.07, 6.45) is 4.26. The van der Waals surface area contributed by atoms with E-state index in [0.29, 0.717) is 24.2 Å². The van der Waals surface area contributed by atoms with E-state index in [1.165, 1.54) is 0 Å². The molecule has 0 unspecified atom stereocenters. The summed E-state index contributed by atoms with van der Waals surface area (Å²) < 4.78 is 0. The Balaban J connectivity index is 1.92. The minimum absolute atomic E-state index is 0.120. The number of aromatic nitrogens is 1. The van der Waals surface area contributed by atoms with E-state index in [0.717, 1.165) is 12.0 Å². The highest BCUT2D eigenvalue weighted by Crippen LogP contribution is 2.05. The van der Waals surface area contributed by atoms with E-state index in [9.17, 15) is 9.59 Å². The third-order valence-corrected chi connectivity index (χ3v) is 3.15. The van der Waals surface area contributed by atoms with Gasteiger partial charge in [0.25, 0.3) is 11.8 Å². The van der Waals surface area contributed by atoms with Crippen molar-refractivity contribution in [2.75, 3.05) is 6.54 Å². The summed E-state index contributed by atoms with van der Waals surface area (Å²) in [5, 5.41) is 5.63. The minimum atomic E-state index is -0.169. The summed E-state index contributed by atoms with van der Waals surface area (Å²) in [4.78, 5) is 27.7. The molecule has 5 heteroatoms. The van der Waals surface area contributed by atoms with Gasteiger partial charge in [-0.1, -0.05) is 6.92 Å². The van der Waals surface area contributed by atoms with Crippen molar-refractivity contribution >= 4 is 11.8 Å². The summed E-state index contributed by atoms with van der Waals surface area (Å²) in [5.41, 5.74) is 2.07. The van der Waals surface area contributed by atoms with Gasteiger partial charge in [0.2, 0.25) is 0 Å². The van der Waals surface area contributed by atoms with E-state index < -0.39 is 0 Å². The van der Waals surface area contributed by atoms with Crippen LogP contribution in [0.25, 0.3) is 0 Å². The number of hydrogen-bond acceptors (Lipinski definition) is 3. The number of hydrogen-bond donors (Lipinski definition) is 2. The molecule has 114 valence electrons. The Bertz CT molecular complexity index is 624. The lowest BCUT2D eigenvalue weighted by molar-refractivity contribution is 0.0940. The lowest BCUT2D eigenvalue weighted by Gasteiger charge is -2.07. The van der Waals surface area contributed by atoms with Crippen LogP contribution in [0.4, 0.5) is 0 Å². The fourth-order valence-corrected chi connectivity index (χ4v) is 1.90. The van der Waals surface area contributed by atoms with Gasteiger partial charge in [0.1, 0.15) is 0 Å². The average Bonchev–Trinajstić information content (AvgIpc) is 2.58. The molecule has 1 aromatic heterocycles. The van der Waals surface area contributed by atoms with Crippen molar-refractivity contribution in [3.05, 3.63) is 65.5 Å². The van der Waals surface area contributed by atoms with Crippen molar-refractivity contribution in [3.63, 3.8) is 0 Å². The van der Waals surface area contributed by atoms with Crippen molar-refractivity contribution in [3.8, 4) is 0 Å². The Hall–Kier alpha value is -2.69. The van der Waals surface area contributed by atoms with Gasteiger partial charge < -0.3 is 10.6 Å². The molecule has 2 aromatic rings. The fourth-order valence-electron chi connectivity index (χ4n) is 1.90. The van der Waals surface area contributed by atoms with Crippen molar-refractivity contribution < 1.29 is 9.59 Å². The van der Waals surface area contributed by atoms with Crippen LogP contribution in [0.2, 0.25) is 0 Å². The van der Waals surface area contributed by atoms with Gasteiger partial charge in [0.15, 0.2) is 0 Å². The molecule has 0 saturated heterocycles. The number of carbonyl (C=O) groups excluding carboxylic acids is 2.